The topological polar surface area (TPSA) is 50.9 Å². The first-order chi connectivity index (χ1) is 5.24. The predicted molar refractivity (Wildman–Crippen MR) is 45.0 cm³/mol. The molecule has 0 saturated heterocycles. The minimum absolute atomic E-state index is 0.0623. The van der Waals surface area contributed by atoms with Gasteiger partial charge in [-0.2, -0.15) is 0 Å². The number of nitrogens with two attached hydrogens (primary N) is 1. The van der Waals surface area contributed by atoms with Crippen molar-refractivity contribution in [2.24, 2.45) is 5.84 Å². The highest BCUT2D eigenvalue weighted by atomic mass is 35.5. The van der Waals surface area contributed by atoms with Crippen molar-refractivity contribution in [1.29, 1.82) is 0 Å². The monoisotopic (exact) mass is 171 g/mol. The van der Waals surface area contributed by atoms with Gasteiger partial charge in [-0.25, -0.2) is 0 Å². The largest absolute Gasteiger partial charge is 0.271 e. The molecule has 3 nitrogen and oxygen atoms in total. The molecule has 1 aromatic heterocycles. The van der Waals surface area contributed by atoms with Gasteiger partial charge in [-0.05, 0) is 19.1 Å². The second-order valence-corrected chi connectivity index (χ2v) is 2.73. The van der Waals surface area contributed by atoms with E-state index in [0.717, 1.165) is 5.69 Å². The van der Waals surface area contributed by atoms with Crippen molar-refractivity contribution in [3.05, 3.63) is 29.0 Å². The molecule has 0 aromatic carbocycles. The normalized spacial score (nSPS) is 13.0. The van der Waals surface area contributed by atoms with Crippen LogP contribution in [0.25, 0.3) is 0 Å². The van der Waals surface area contributed by atoms with E-state index >= 15 is 0 Å². The summed E-state index contributed by atoms with van der Waals surface area (Å²) in [6.07, 6.45) is 1.60. The van der Waals surface area contributed by atoms with Gasteiger partial charge in [0.15, 0.2) is 0 Å². The molecule has 0 aliphatic heterocycles. The summed E-state index contributed by atoms with van der Waals surface area (Å²) < 4.78 is 0. The van der Waals surface area contributed by atoms with Gasteiger partial charge in [-0.1, -0.05) is 11.6 Å². The smallest absolute Gasteiger partial charge is 0.0604 e. The number of hydrogen-bond donors (Lipinski definition) is 2. The van der Waals surface area contributed by atoms with Crippen LogP contribution in [0.15, 0.2) is 18.3 Å². The lowest BCUT2D eigenvalue weighted by Gasteiger charge is -2.07. The molecule has 1 atom stereocenters. The lowest BCUT2D eigenvalue weighted by atomic mass is 10.2. The number of rotatable bonds is 2. The Labute approximate surface area is 70.5 Å². The molecule has 0 bridgehead atoms. The van der Waals surface area contributed by atoms with Gasteiger partial charge in [0.05, 0.1) is 16.8 Å². The van der Waals surface area contributed by atoms with Crippen LogP contribution in [0.1, 0.15) is 18.7 Å². The highest BCUT2D eigenvalue weighted by Crippen LogP contribution is 2.11. The average molecular weight is 172 g/mol. The molecule has 1 heterocycles. The van der Waals surface area contributed by atoms with Crippen LogP contribution in [0.3, 0.4) is 0 Å². The van der Waals surface area contributed by atoms with E-state index in [9.17, 15) is 0 Å². The average Bonchev–Trinajstić information content (AvgIpc) is 2.05. The maximum absolute atomic E-state index is 5.65. The fourth-order valence-corrected chi connectivity index (χ4v) is 0.841. The van der Waals surface area contributed by atoms with E-state index in [1.807, 2.05) is 13.0 Å². The van der Waals surface area contributed by atoms with E-state index in [4.69, 9.17) is 17.4 Å². The minimum Gasteiger partial charge on any atom is -0.271 e. The standard InChI is InChI=1S/C7H10ClN3/c1-5(11-9)7-3-2-6(8)4-10-7/h2-5,11H,9H2,1H3. The molecular formula is C7H10ClN3. The van der Waals surface area contributed by atoms with Gasteiger partial charge >= 0.3 is 0 Å². The van der Waals surface area contributed by atoms with Crippen LogP contribution in [0, 0.1) is 0 Å². The maximum Gasteiger partial charge on any atom is 0.0604 e. The molecule has 1 unspecified atom stereocenters. The van der Waals surface area contributed by atoms with Crippen LogP contribution >= 0.6 is 11.6 Å². The summed E-state index contributed by atoms with van der Waals surface area (Å²) in [6, 6.07) is 3.69. The van der Waals surface area contributed by atoms with Gasteiger partial charge in [-0.15, -0.1) is 0 Å². The fraction of sp³-hybridized carbons (Fsp3) is 0.286. The predicted octanol–water partition coefficient (Wildman–Crippen LogP) is 1.26. The van der Waals surface area contributed by atoms with Crippen LogP contribution in [0.5, 0.6) is 0 Å². The molecule has 3 N–H and O–H groups in total. The van der Waals surface area contributed by atoms with Crippen molar-refractivity contribution in [2.45, 2.75) is 13.0 Å². The summed E-state index contributed by atoms with van der Waals surface area (Å²) in [5.41, 5.74) is 3.48. The number of halogens is 1. The Hall–Kier alpha value is -0.640. The van der Waals surface area contributed by atoms with E-state index in [-0.39, 0.29) is 6.04 Å². The van der Waals surface area contributed by atoms with Crippen molar-refractivity contribution in [3.8, 4) is 0 Å². The lowest BCUT2D eigenvalue weighted by Crippen LogP contribution is -2.26. The zero-order valence-corrected chi connectivity index (χ0v) is 6.97. The zero-order valence-electron chi connectivity index (χ0n) is 6.21. The molecule has 0 aliphatic rings. The lowest BCUT2D eigenvalue weighted by molar-refractivity contribution is 0.587. The van der Waals surface area contributed by atoms with Gasteiger partial charge in [0.25, 0.3) is 0 Å². The van der Waals surface area contributed by atoms with Crippen molar-refractivity contribution in [3.63, 3.8) is 0 Å². The van der Waals surface area contributed by atoms with Crippen LogP contribution < -0.4 is 11.3 Å². The summed E-state index contributed by atoms with van der Waals surface area (Å²) >= 11 is 5.65. The Morgan fingerprint density at radius 1 is 1.64 bits per heavy atom. The number of hydrazine groups is 1. The third kappa shape index (κ3) is 2.15. The highest BCUT2D eigenvalue weighted by molar-refractivity contribution is 6.30. The molecular weight excluding hydrogens is 162 g/mol. The van der Waals surface area contributed by atoms with Crippen molar-refractivity contribution in [1.82, 2.24) is 10.4 Å². The van der Waals surface area contributed by atoms with Gasteiger partial charge in [0.1, 0.15) is 0 Å². The Morgan fingerprint density at radius 2 is 2.36 bits per heavy atom. The first kappa shape index (κ1) is 8.46. The van der Waals surface area contributed by atoms with Gasteiger partial charge in [0, 0.05) is 6.20 Å². The van der Waals surface area contributed by atoms with Crippen LogP contribution in [0.4, 0.5) is 0 Å². The van der Waals surface area contributed by atoms with Gasteiger partial charge in [0.2, 0.25) is 0 Å². The summed E-state index contributed by atoms with van der Waals surface area (Å²) in [7, 11) is 0. The van der Waals surface area contributed by atoms with E-state index in [1.165, 1.54) is 0 Å². The zero-order chi connectivity index (χ0) is 8.27. The first-order valence-electron chi connectivity index (χ1n) is 3.31. The van der Waals surface area contributed by atoms with E-state index < -0.39 is 0 Å². The summed E-state index contributed by atoms with van der Waals surface area (Å²) in [6.45, 7) is 1.93. The van der Waals surface area contributed by atoms with Gasteiger partial charge in [-0.3, -0.25) is 16.3 Å². The molecule has 1 aromatic rings. The maximum atomic E-state index is 5.65. The molecule has 0 aliphatic carbocycles. The Kier molecular flexibility index (Phi) is 2.82. The molecule has 4 heteroatoms. The molecule has 0 fully saturated rings. The third-order valence-corrected chi connectivity index (χ3v) is 1.67. The summed E-state index contributed by atoms with van der Waals surface area (Å²) in [4.78, 5) is 4.07. The Bertz CT molecular complexity index is 222. The number of hydrogen-bond acceptors (Lipinski definition) is 3. The van der Waals surface area contributed by atoms with Crippen molar-refractivity contribution < 1.29 is 0 Å². The highest BCUT2D eigenvalue weighted by Gasteiger charge is 2.02. The molecule has 60 valence electrons. The number of pyridine rings is 1. The third-order valence-electron chi connectivity index (χ3n) is 1.44. The number of nitrogens with one attached hydrogen (secondary N) is 1. The van der Waals surface area contributed by atoms with Crippen LogP contribution in [-0.4, -0.2) is 4.98 Å². The Balaban J connectivity index is 2.81. The fourth-order valence-electron chi connectivity index (χ4n) is 0.729. The minimum atomic E-state index is 0.0623. The SMILES string of the molecule is CC(NN)c1ccc(Cl)cn1. The second-order valence-electron chi connectivity index (χ2n) is 2.29. The summed E-state index contributed by atoms with van der Waals surface area (Å²) in [5.74, 6) is 5.22. The Morgan fingerprint density at radius 3 is 2.82 bits per heavy atom. The van der Waals surface area contributed by atoms with E-state index in [0.29, 0.717) is 5.02 Å². The second kappa shape index (κ2) is 3.67. The van der Waals surface area contributed by atoms with E-state index in [2.05, 4.69) is 10.4 Å². The quantitative estimate of drug-likeness (QED) is 0.521. The van der Waals surface area contributed by atoms with Crippen LogP contribution in [-0.2, 0) is 0 Å². The molecule has 1 rings (SSSR count). The first-order valence-corrected chi connectivity index (χ1v) is 3.69. The van der Waals surface area contributed by atoms with Crippen LogP contribution in [0.2, 0.25) is 5.02 Å². The molecule has 11 heavy (non-hydrogen) atoms. The number of nitrogens with zero attached hydrogens (tertiary/aromatic N) is 1. The summed E-state index contributed by atoms with van der Waals surface area (Å²) in [5, 5.41) is 0.637. The van der Waals surface area contributed by atoms with Crippen molar-refractivity contribution in [2.75, 3.05) is 0 Å². The van der Waals surface area contributed by atoms with E-state index in [1.54, 1.807) is 12.3 Å². The molecule has 0 saturated carbocycles. The van der Waals surface area contributed by atoms with Crippen molar-refractivity contribution >= 4 is 11.6 Å². The molecule has 0 radical (unpaired) electrons. The molecule has 0 spiro atoms. The number of aromatic nitrogens is 1. The molecule has 0 amide bonds. The van der Waals surface area contributed by atoms with Gasteiger partial charge < -0.3 is 0 Å².